The van der Waals surface area contributed by atoms with E-state index in [1.165, 1.54) is 16.7 Å². The Balaban J connectivity index is 1.45. The van der Waals surface area contributed by atoms with Crippen LogP contribution < -0.4 is 10.9 Å². The van der Waals surface area contributed by atoms with Crippen LogP contribution in [0, 0.1) is 6.92 Å². The Morgan fingerprint density at radius 2 is 2.03 bits per heavy atom. The molecule has 2 aromatic rings. The summed E-state index contributed by atoms with van der Waals surface area (Å²) in [5.41, 5.74) is 8.66. The van der Waals surface area contributed by atoms with E-state index >= 15 is 0 Å². The second kappa shape index (κ2) is 12.3. The third-order valence-corrected chi connectivity index (χ3v) is 7.27. The van der Waals surface area contributed by atoms with Crippen LogP contribution in [0.2, 0.25) is 0 Å². The number of carbonyl (C=O) groups is 1. The van der Waals surface area contributed by atoms with Gasteiger partial charge in [-0.3, -0.25) is 24.0 Å². The van der Waals surface area contributed by atoms with Crippen LogP contribution in [0.3, 0.4) is 0 Å². The smallest absolute Gasteiger partial charge is 0.260 e. The molecule has 0 aliphatic carbocycles. The minimum absolute atomic E-state index is 0.0106. The summed E-state index contributed by atoms with van der Waals surface area (Å²) < 4.78 is 1.68. The molecule has 0 saturated carbocycles. The number of allylic oxidation sites excluding steroid dienone is 4. The van der Waals surface area contributed by atoms with Gasteiger partial charge < -0.3 is 10.2 Å². The van der Waals surface area contributed by atoms with E-state index < -0.39 is 0 Å². The van der Waals surface area contributed by atoms with Gasteiger partial charge >= 0.3 is 0 Å². The Labute approximate surface area is 231 Å². The molecule has 0 spiro atoms. The molecule has 1 aromatic carbocycles. The van der Waals surface area contributed by atoms with Crippen molar-refractivity contribution in [1.29, 1.82) is 0 Å². The van der Waals surface area contributed by atoms with Crippen LogP contribution in [-0.4, -0.2) is 73.8 Å². The summed E-state index contributed by atoms with van der Waals surface area (Å²) in [7, 11) is 5.27. The number of pyridine rings is 1. The molecule has 204 valence electrons. The summed E-state index contributed by atoms with van der Waals surface area (Å²) in [6.07, 6.45) is 11.4. The van der Waals surface area contributed by atoms with Crippen LogP contribution in [0.4, 0.5) is 5.69 Å². The zero-order valence-corrected chi connectivity index (χ0v) is 23.8. The zero-order valence-electron chi connectivity index (χ0n) is 23.8. The summed E-state index contributed by atoms with van der Waals surface area (Å²) in [5, 5.41) is 3.27. The summed E-state index contributed by atoms with van der Waals surface area (Å²) in [6.45, 7) is 11.8. The van der Waals surface area contributed by atoms with Crippen molar-refractivity contribution >= 4 is 29.1 Å². The van der Waals surface area contributed by atoms with E-state index in [2.05, 4.69) is 53.0 Å². The number of rotatable bonds is 8. The van der Waals surface area contributed by atoms with Gasteiger partial charge in [0.05, 0.1) is 5.70 Å². The molecule has 0 atom stereocenters. The van der Waals surface area contributed by atoms with E-state index in [1.807, 2.05) is 31.3 Å². The molecule has 3 heterocycles. The second-order valence-corrected chi connectivity index (χ2v) is 10.5. The SMILES string of the molecule is C=C(/C=C(\C)CN1CC=C(c2ccc(C(=O)N(C)C)c(C)c2)CC1)/C(=C\C=NC)n1ccc2c(c1=O)CCN2. The largest absolute Gasteiger partial charge is 0.384 e. The summed E-state index contributed by atoms with van der Waals surface area (Å²) >= 11 is 0. The molecule has 7 nitrogen and oxygen atoms in total. The lowest BCUT2D eigenvalue weighted by atomic mass is 9.95. The van der Waals surface area contributed by atoms with Crippen molar-refractivity contribution in [3.05, 3.63) is 99.0 Å². The second-order valence-electron chi connectivity index (χ2n) is 10.5. The molecule has 0 fully saturated rings. The first-order chi connectivity index (χ1) is 18.7. The summed E-state index contributed by atoms with van der Waals surface area (Å²) in [6, 6.07) is 8.08. The number of benzene rings is 1. The number of hydrogen-bond donors (Lipinski definition) is 1. The number of hydrogen-bond acceptors (Lipinski definition) is 5. The van der Waals surface area contributed by atoms with Crippen LogP contribution in [0.25, 0.3) is 11.3 Å². The molecule has 1 aromatic heterocycles. The molecule has 0 unspecified atom stereocenters. The Kier molecular flexibility index (Phi) is 8.82. The normalized spacial score (nSPS) is 16.2. The highest BCUT2D eigenvalue weighted by atomic mass is 16.2. The molecule has 0 radical (unpaired) electrons. The third-order valence-electron chi connectivity index (χ3n) is 7.27. The zero-order chi connectivity index (χ0) is 28.1. The van der Waals surface area contributed by atoms with E-state index in [9.17, 15) is 9.59 Å². The number of aryl methyl sites for hydroxylation is 1. The van der Waals surface area contributed by atoms with Crippen molar-refractivity contribution in [3.63, 3.8) is 0 Å². The van der Waals surface area contributed by atoms with Crippen LogP contribution in [0.1, 0.15) is 40.4 Å². The number of aliphatic imine (C=N–C) groups is 1. The first-order valence-electron chi connectivity index (χ1n) is 13.4. The van der Waals surface area contributed by atoms with Crippen molar-refractivity contribution in [2.75, 3.05) is 52.6 Å². The average molecular weight is 526 g/mol. The molecule has 1 N–H and O–H groups in total. The standard InChI is InChI=1S/C32H39N5O2/c1-22(19-24(3)30(10-14-33-4)37-18-13-29-28(32(37)39)9-15-34-29)21-36-16-11-25(12-17-36)26-7-8-27(23(2)20-26)31(38)35(5)6/h7-8,10-11,13-14,18-20,34H,3,9,12,15-17,21H2,1-2,4-6H3/b22-19+,30-10+,33-14?. The highest BCUT2D eigenvalue weighted by molar-refractivity contribution is 5.95. The predicted octanol–water partition coefficient (Wildman–Crippen LogP) is 4.66. The number of nitrogens with one attached hydrogen (secondary N) is 1. The Bertz CT molecular complexity index is 1460. The summed E-state index contributed by atoms with van der Waals surface area (Å²) in [5.74, 6) is 0.0322. The molecule has 2 aliphatic rings. The number of carbonyl (C=O) groups excluding carboxylic acids is 1. The van der Waals surface area contributed by atoms with Crippen LogP contribution >= 0.6 is 0 Å². The van der Waals surface area contributed by atoms with Crippen molar-refractivity contribution in [2.45, 2.75) is 26.7 Å². The minimum Gasteiger partial charge on any atom is -0.384 e. The highest BCUT2D eigenvalue weighted by Gasteiger charge is 2.19. The number of amides is 1. The fraction of sp³-hybridized carbons (Fsp3) is 0.344. The third kappa shape index (κ3) is 6.37. The number of aromatic nitrogens is 1. The first-order valence-corrected chi connectivity index (χ1v) is 13.4. The highest BCUT2D eigenvalue weighted by Crippen LogP contribution is 2.26. The van der Waals surface area contributed by atoms with Gasteiger partial charge in [-0.15, -0.1) is 0 Å². The van der Waals surface area contributed by atoms with E-state index in [-0.39, 0.29) is 11.5 Å². The molecule has 2 aliphatic heterocycles. The van der Waals surface area contributed by atoms with Gasteiger partial charge in [0.1, 0.15) is 0 Å². The van der Waals surface area contributed by atoms with Crippen LogP contribution in [0.15, 0.2) is 76.2 Å². The predicted molar refractivity (Wildman–Crippen MR) is 163 cm³/mol. The average Bonchev–Trinajstić information content (AvgIpc) is 3.40. The number of nitrogens with zero attached hydrogens (tertiary/aromatic N) is 4. The fourth-order valence-electron chi connectivity index (χ4n) is 5.22. The Hall–Kier alpha value is -3.97. The fourth-order valence-corrected chi connectivity index (χ4v) is 5.22. The molecule has 1 amide bonds. The van der Waals surface area contributed by atoms with Gasteiger partial charge in [-0.05, 0) is 67.2 Å². The van der Waals surface area contributed by atoms with Crippen molar-refractivity contribution < 1.29 is 4.79 Å². The lowest BCUT2D eigenvalue weighted by Crippen LogP contribution is -2.30. The van der Waals surface area contributed by atoms with E-state index in [1.54, 1.807) is 36.8 Å². The van der Waals surface area contributed by atoms with Gasteiger partial charge in [-0.1, -0.05) is 36.4 Å². The Morgan fingerprint density at radius 3 is 2.69 bits per heavy atom. The summed E-state index contributed by atoms with van der Waals surface area (Å²) in [4.78, 5) is 33.7. The first kappa shape index (κ1) is 28.0. The van der Waals surface area contributed by atoms with Crippen LogP contribution in [-0.2, 0) is 6.42 Å². The topological polar surface area (TPSA) is 69.9 Å². The molecule has 7 heteroatoms. The number of anilines is 1. The van der Waals surface area contributed by atoms with Gasteiger partial charge in [-0.25, -0.2) is 0 Å². The van der Waals surface area contributed by atoms with Gasteiger partial charge in [0.15, 0.2) is 0 Å². The van der Waals surface area contributed by atoms with Gasteiger partial charge in [0.25, 0.3) is 11.5 Å². The lowest BCUT2D eigenvalue weighted by molar-refractivity contribution is 0.0827. The number of fused-ring (bicyclic) bond motifs is 1. The van der Waals surface area contributed by atoms with E-state index in [4.69, 9.17) is 0 Å². The van der Waals surface area contributed by atoms with Crippen molar-refractivity contribution in [2.24, 2.45) is 4.99 Å². The van der Waals surface area contributed by atoms with Crippen LogP contribution in [0.5, 0.6) is 0 Å². The Morgan fingerprint density at radius 1 is 1.23 bits per heavy atom. The molecule has 4 rings (SSSR count). The maximum atomic E-state index is 13.2. The minimum atomic E-state index is -0.0106. The maximum Gasteiger partial charge on any atom is 0.260 e. The molecule has 0 bridgehead atoms. The van der Waals surface area contributed by atoms with Gasteiger partial charge in [0.2, 0.25) is 0 Å². The molecule has 0 saturated heterocycles. The molecular weight excluding hydrogens is 486 g/mol. The quantitative estimate of drug-likeness (QED) is 0.402. The van der Waals surface area contributed by atoms with Crippen molar-refractivity contribution in [3.8, 4) is 0 Å². The molecular formula is C32H39N5O2. The van der Waals surface area contributed by atoms with Crippen molar-refractivity contribution in [1.82, 2.24) is 14.4 Å². The molecule has 39 heavy (non-hydrogen) atoms. The lowest BCUT2D eigenvalue weighted by Gasteiger charge is -2.27. The van der Waals surface area contributed by atoms with Gasteiger partial charge in [-0.2, -0.15) is 0 Å². The monoisotopic (exact) mass is 525 g/mol. The van der Waals surface area contributed by atoms with E-state index in [0.29, 0.717) is 0 Å². The van der Waals surface area contributed by atoms with Gasteiger partial charge in [0, 0.05) is 76.5 Å². The maximum absolute atomic E-state index is 13.2. The van der Waals surface area contributed by atoms with E-state index in [0.717, 1.165) is 72.7 Å².